The lowest BCUT2D eigenvalue weighted by atomic mass is 9.92. The number of carbonyl (C=O) groups excluding carboxylic acids is 1. The molecule has 21 heavy (non-hydrogen) atoms. The van der Waals surface area contributed by atoms with Crippen molar-refractivity contribution in [2.45, 2.75) is 18.9 Å². The molecule has 0 aliphatic heterocycles. The zero-order valence-electron chi connectivity index (χ0n) is 12.0. The molecule has 0 saturated carbocycles. The van der Waals surface area contributed by atoms with Crippen LogP contribution in [-0.2, 0) is 17.4 Å². The molecule has 5 heteroatoms. The third-order valence-corrected chi connectivity index (χ3v) is 3.30. The predicted octanol–water partition coefficient (Wildman–Crippen LogP) is 1.62. The Bertz CT molecular complexity index is 690. The van der Waals surface area contributed by atoms with E-state index in [9.17, 15) is 14.7 Å². The molecule has 0 fully saturated rings. The fourth-order valence-electron chi connectivity index (χ4n) is 2.10. The van der Waals surface area contributed by atoms with Crippen LogP contribution in [0.3, 0.4) is 0 Å². The normalized spacial score (nSPS) is 13.5. The average molecular weight is 286 g/mol. The van der Waals surface area contributed by atoms with E-state index >= 15 is 0 Å². The minimum Gasteiger partial charge on any atom is -0.385 e. The van der Waals surface area contributed by atoms with Gasteiger partial charge in [-0.15, -0.1) is 0 Å². The monoisotopic (exact) mass is 286 g/mol. The zero-order valence-corrected chi connectivity index (χ0v) is 12.0. The molecular formula is C16H18N2O3. The van der Waals surface area contributed by atoms with E-state index in [1.54, 1.807) is 50.5 Å². The number of hydrogen-bond acceptors (Lipinski definition) is 3. The molecule has 0 aliphatic rings. The first-order chi connectivity index (χ1) is 9.90. The van der Waals surface area contributed by atoms with Gasteiger partial charge in [0.1, 0.15) is 5.69 Å². The number of aromatic nitrogens is 1. The van der Waals surface area contributed by atoms with Gasteiger partial charge in [0.2, 0.25) is 5.91 Å². The van der Waals surface area contributed by atoms with Crippen LogP contribution in [0.2, 0.25) is 0 Å². The molecule has 2 aromatic rings. The first-order valence-corrected chi connectivity index (χ1v) is 6.63. The molecule has 0 saturated heterocycles. The van der Waals surface area contributed by atoms with E-state index in [0.29, 0.717) is 5.56 Å². The number of anilines is 1. The third-order valence-electron chi connectivity index (χ3n) is 3.30. The number of pyridine rings is 1. The number of aliphatic hydroxyl groups is 1. The number of rotatable bonds is 4. The number of carbonyl (C=O) groups is 1. The Balaban J connectivity index is 2.12. The number of benzene rings is 1. The fraction of sp³-hybridized carbons (Fsp3) is 0.250. The van der Waals surface area contributed by atoms with Crippen molar-refractivity contribution >= 4 is 11.6 Å². The van der Waals surface area contributed by atoms with Crippen LogP contribution in [0.15, 0.2) is 53.5 Å². The summed E-state index contributed by atoms with van der Waals surface area (Å²) in [5.41, 5.74) is -0.717. The maximum absolute atomic E-state index is 12.0. The fourth-order valence-corrected chi connectivity index (χ4v) is 2.10. The van der Waals surface area contributed by atoms with Gasteiger partial charge in [-0.05, 0) is 24.6 Å². The summed E-state index contributed by atoms with van der Waals surface area (Å²) in [5, 5.41) is 13.0. The van der Waals surface area contributed by atoms with Gasteiger partial charge in [0.05, 0.1) is 12.0 Å². The van der Waals surface area contributed by atoms with E-state index in [1.165, 1.54) is 10.6 Å². The van der Waals surface area contributed by atoms with Crippen LogP contribution >= 0.6 is 0 Å². The van der Waals surface area contributed by atoms with Gasteiger partial charge >= 0.3 is 0 Å². The van der Waals surface area contributed by atoms with Crippen LogP contribution in [0, 0.1) is 0 Å². The van der Waals surface area contributed by atoms with Gasteiger partial charge in [0.25, 0.3) is 5.56 Å². The van der Waals surface area contributed by atoms with Gasteiger partial charge in [0.15, 0.2) is 0 Å². The molecule has 1 heterocycles. The topological polar surface area (TPSA) is 71.3 Å². The number of nitrogens with one attached hydrogen (secondary N) is 1. The second-order valence-electron chi connectivity index (χ2n) is 5.20. The van der Waals surface area contributed by atoms with E-state index < -0.39 is 11.5 Å². The van der Waals surface area contributed by atoms with Crippen molar-refractivity contribution in [2.75, 3.05) is 5.32 Å². The SMILES string of the molecule is Cn1cccc(NC(=O)CC(C)(O)c2ccccc2)c1=O. The molecule has 0 bridgehead atoms. The van der Waals surface area contributed by atoms with Crippen molar-refractivity contribution in [3.63, 3.8) is 0 Å². The standard InChI is InChI=1S/C16H18N2O3/c1-16(21,12-7-4-3-5-8-12)11-14(19)17-13-9-6-10-18(2)15(13)20/h3-10,21H,11H2,1-2H3,(H,17,19). The molecule has 1 aromatic heterocycles. The number of nitrogens with zero attached hydrogens (tertiary/aromatic N) is 1. The molecule has 1 unspecified atom stereocenters. The van der Waals surface area contributed by atoms with Crippen LogP contribution in [0.4, 0.5) is 5.69 Å². The number of aryl methyl sites for hydroxylation is 1. The van der Waals surface area contributed by atoms with E-state index in [-0.39, 0.29) is 17.7 Å². The molecule has 0 spiro atoms. The van der Waals surface area contributed by atoms with Gasteiger partial charge < -0.3 is 15.0 Å². The summed E-state index contributed by atoms with van der Waals surface area (Å²) in [5.74, 6) is -0.410. The molecule has 5 nitrogen and oxygen atoms in total. The van der Waals surface area contributed by atoms with E-state index in [0.717, 1.165) is 0 Å². The Hall–Kier alpha value is -2.40. The quantitative estimate of drug-likeness (QED) is 0.897. The molecule has 0 aliphatic carbocycles. The van der Waals surface area contributed by atoms with Gasteiger partial charge in [-0.2, -0.15) is 0 Å². The van der Waals surface area contributed by atoms with Crippen molar-refractivity contribution < 1.29 is 9.90 Å². The Morgan fingerprint density at radius 1 is 1.24 bits per heavy atom. The summed E-state index contributed by atoms with van der Waals surface area (Å²) < 4.78 is 1.38. The highest BCUT2D eigenvalue weighted by molar-refractivity contribution is 5.91. The van der Waals surface area contributed by atoms with Crippen molar-refractivity contribution in [1.29, 1.82) is 0 Å². The second kappa shape index (κ2) is 5.93. The lowest BCUT2D eigenvalue weighted by Crippen LogP contribution is -2.30. The molecule has 2 rings (SSSR count). The molecule has 1 aromatic carbocycles. The van der Waals surface area contributed by atoms with E-state index in [4.69, 9.17) is 0 Å². The van der Waals surface area contributed by atoms with Crippen LogP contribution in [-0.4, -0.2) is 15.6 Å². The maximum Gasteiger partial charge on any atom is 0.274 e. The summed E-state index contributed by atoms with van der Waals surface area (Å²) in [7, 11) is 1.61. The minimum atomic E-state index is -1.29. The lowest BCUT2D eigenvalue weighted by molar-refractivity contribution is -0.120. The molecule has 0 radical (unpaired) electrons. The van der Waals surface area contributed by atoms with Crippen molar-refractivity contribution in [3.05, 3.63) is 64.6 Å². The summed E-state index contributed by atoms with van der Waals surface area (Å²) in [6.45, 7) is 1.57. The van der Waals surface area contributed by atoms with E-state index in [2.05, 4.69) is 5.32 Å². The summed E-state index contributed by atoms with van der Waals surface area (Å²) >= 11 is 0. The van der Waals surface area contributed by atoms with Crippen LogP contribution < -0.4 is 10.9 Å². The molecular weight excluding hydrogens is 268 g/mol. The Labute approximate surface area is 122 Å². The summed E-state index contributed by atoms with van der Waals surface area (Å²) in [6, 6.07) is 12.2. The van der Waals surface area contributed by atoms with Crippen LogP contribution in [0.25, 0.3) is 0 Å². The Morgan fingerprint density at radius 3 is 2.57 bits per heavy atom. The smallest absolute Gasteiger partial charge is 0.274 e. The lowest BCUT2D eigenvalue weighted by Gasteiger charge is -2.23. The predicted molar refractivity (Wildman–Crippen MR) is 80.9 cm³/mol. The summed E-state index contributed by atoms with van der Waals surface area (Å²) in [4.78, 5) is 23.9. The zero-order chi connectivity index (χ0) is 15.5. The van der Waals surface area contributed by atoms with E-state index in [1.807, 2.05) is 6.07 Å². The highest BCUT2D eigenvalue weighted by atomic mass is 16.3. The maximum atomic E-state index is 12.0. The van der Waals surface area contributed by atoms with Crippen LogP contribution in [0.5, 0.6) is 0 Å². The molecule has 1 amide bonds. The third kappa shape index (κ3) is 3.58. The second-order valence-corrected chi connectivity index (χ2v) is 5.20. The van der Waals surface area contributed by atoms with Crippen molar-refractivity contribution in [2.24, 2.45) is 7.05 Å². The summed E-state index contributed by atoms with van der Waals surface area (Å²) in [6.07, 6.45) is 1.48. The first-order valence-electron chi connectivity index (χ1n) is 6.63. The Kier molecular flexibility index (Phi) is 4.23. The molecule has 2 N–H and O–H groups in total. The molecule has 1 atom stereocenters. The van der Waals surface area contributed by atoms with Crippen molar-refractivity contribution in [3.8, 4) is 0 Å². The van der Waals surface area contributed by atoms with Gasteiger partial charge in [0, 0.05) is 13.2 Å². The van der Waals surface area contributed by atoms with Gasteiger partial charge in [-0.25, -0.2) is 0 Å². The van der Waals surface area contributed by atoms with Gasteiger partial charge in [-0.1, -0.05) is 30.3 Å². The highest BCUT2D eigenvalue weighted by Gasteiger charge is 2.26. The average Bonchev–Trinajstić information content (AvgIpc) is 2.44. The largest absolute Gasteiger partial charge is 0.385 e. The first kappa shape index (κ1) is 15.0. The highest BCUT2D eigenvalue weighted by Crippen LogP contribution is 2.24. The van der Waals surface area contributed by atoms with Crippen molar-refractivity contribution in [1.82, 2.24) is 4.57 Å². The van der Waals surface area contributed by atoms with Gasteiger partial charge in [-0.3, -0.25) is 9.59 Å². The minimum absolute atomic E-state index is 0.130. The Morgan fingerprint density at radius 2 is 1.90 bits per heavy atom. The van der Waals surface area contributed by atoms with Crippen LogP contribution in [0.1, 0.15) is 18.9 Å². The number of hydrogen-bond donors (Lipinski definition) is 2. The number of amides is 1. The molecule has 110 valence electrons.